The molecule has 0 saturated heterocycles. The van der Waals surface area contributed by atoms with Gasteiger partial charge in [0.2, 0.25) is 0 Å². The number of hydrogen-bond donors (Lipinski definition) is 2. The van der Waals surface area contributed by atoms with Gasteiger partial charge in [0.15, 0.2) is 0 Å². The van der Waals surface area contributed by atoms with Crippen LogP contribution in [-0.2, 0) is 5.41 Å². The molecule has 0 unspecified atom stereocenters. The highest BCUT2D eigenvalue weighted by Gasteiger charge is 2.26. The van der Waals surface area contributed by atoms with Crippen LogP contribution in [0.25, 0.3) is 0 Å². The molecule has 5 heteroatoms. The maximum atomic E-state index is 10.3. The summed E-state index contributed by atoms with van der Waals surface area (Å²) in [6.45, 7) is 4.68. The smallest absolute Gasteiger partial charge is 0.335 e. The van der Waals surface area contributed by atoms with E-state index in [1.54, 1.807) is 0 Å². The average molecular weight is 344 g/mol. The Hall–Kier alpha value is -2.27. The molecule has 0 saturated carbocycles. The lowest BCUT2D eigenvalue weighted by atomic mass is 9.82. The Morgan fingerprint density at radius 1 is 0.917 bits per heavy atom. The quantitative estimate of drug-likeness (QED) is 0.836. The largest absolute Gasteiger partial charge is 0.478 e. The maximum absolute atomic E-state index is 10.3. The number of hydrogen-bond acceptors (Lipinski definition) is 3. The van der Waals surface area contributed by atoms with Crippen LogP contribution in [0, 0.1) is 0 Å². The topological polar surface area (TPSA) is 74.6 Å². The molecule has 0 aromatic heterocycles. The lowest BCUT2D eigenvalue weighted by Gasteiger charge is -2.31. The highest BCUT2D eigenvalue weighted by atomic mass is 32.2. The summed E-state index contributed by atoms with van der Waals surface area (Å²) < 4.78 is 0. The first-order valence-electron chi connectivity index (χ1n) is 7.60. The minimum atomic E-state index is -1.06. The second-order valence-corrected chi connectivity index (χ2v) is 7.30. The number of thioether (sulfide) groups is 1. The fourth-order valence-electron chi connectivity index (χ4n) is 2.46. The van der Waals surface area contributed by atoms with E-state index < -0.39 is 11.9 Å². The number of rotatable bonds is 2. The predicted molar refractivity (Wildman–Crippen MR) is 95.2 cm³/mol. The zero-order chi connectivity index (χ0) is 17.7. The third-order valence-corrected chi connectivity index (χ3v) is 5.05. The number of benzene rings is 2. The van der Waals surface area contributed by atoms with Gasteiger partial charge in [-0.2, -0.15) is 0 Å². The van der Waals surface area contributed by atoms with Crippen LogP contribution in [0.2, 0.25) is 0 Å². The van der Waals surface area contributed by atoms with Gasteiger partial charge in [0.1, 0.15) is 0 Å². The summed E-state index contributed by atoms with van der Waals surface area (Å²) in [5.41, 5.74) is 2.09. The van der Waals surface area contributed by atoms with Crippen LogP contribution in [0.1, 0.15) is 46.5 Å². The molecule has 2 aromatic carbocycles. The van der Waals surface area contributed by atoms with Crippen molar-refractivity contribution >= 4 is 23.7 Å². The van der Waals surface area contributed by atoms with E-state index >= 15 is 0 Å². The van der Waals surface area contributed by atoms with Crippen molar-refractivity contribution in [1.82, 2.24) is 0 Å². The van der Waals surface area contributed by atoms with Crippen LogP contribution in [-0.4, -0.2) is 27.9 Å². The molecule has 0 spiro atoms. The molecule has 0 amide bonds. The molecular formula is C19H20O4S. The molecule has 0 bridgehead atoms. The summed E-state index contributed by atoms with van der Waals surface area (Å²) in [4.78, 5) is 22.1. The summed E-state index contributed by atoms with van der Waals surface area (Å²) >= 11 is 1.99. The number of aromatic carboxylic acids is 2. The van der Waals surface area contributed by atoms with Crippen molar-refractivity contribution in [2.75, 3.05) is 5.75 Å². The van der Waals surface area contributed by atoms with E-state index in [1.807, 2.05) is 11.8 Å². The fourth-order valence-corrected chi connectivity index (χ4v) is 3.96. The first-order chi connectivity index (χ1) is 11.3. The Kier molecular flexibility index (Phi) is 5.67. The van der Waals surface area contributed by atoms with Crippen molar-refractivity contribution in [3.8, 4) is 0 Å². The normalized spacial score (nSPS) is 14.8. The second kappa shape index (κ2) is 7.53. The van der Waals surface area contributed by atoms with Crippen LogP contribution < -0.4 is 0 Å². The van der Waals surface area contributed by atoms with Crippen molar-refractivity contribution in [1.29, 1.82) is 0 Å². The van der Waals surface area contributed by atoms with Gasteiger partial charge in [-0.3, -0.25) is 0 Å². The van der Waals surface area contributed by atoms with Gasteiger partial charge < -0.3 is 10.2 Å². The van der Waals surface area contributed by atoms with Gasteiger partial charge >= 0.3 is 11.9 Å². The Morgan fingerprint density at radius 2 is 1.42 bits per heavy atom. The minimum absolute atomic E-state index is 0.0833. The first kappa shape index (κ1) is 18.1. The Bertz CT molecular complexity index is 702. The average Bonchev–Trinajstić information content (AvgIpc) is 2.55. The predicted octanol–water partition coefficient (Wildman–Crippen LogP) is 4.54. The first-order valence-corrected chi connectivity index (χ1v) is 8.59. The molecular weight excluding hydrogens is 324 g/mol. The van der Waals surface area contributed by atoms with Crippen LogP contribution >= 0.6 is 11.8 Å². The molecule has 3 rings (SSSR count). The SMILES string of the molecule is CC1(C)CCSc2ccccc21.O=C(O)c1ccc(C(=O)O)cc1. The van der Waals surface area contributed by atoms with Crippen LogP contribution in [0.3, 0.4) is 0 Å². The van der Waals surface area contributed by atoms with Crippen molar-refractivity contribution in [3.63, 3.8) is 0 Å². The van der Waals surface area contributed by atoms with Gasteiger partial charge in [-0.25, -0.2) is 9.59 Å². The van der Waals surface area contributed by atoms with Gasteiger partial charge in [-0.1, -0.05) is 32.0 Å². The third-order valence-electron chi connectivity index (χ3n) is 3.98. The van der Waals surface area contributed by atoms with Crippen LogP contribution in [0.4, 0.5) is 0 Å². The Morgan fingerprint density at radius 3 is 1.88 bits per heavy atom. The summed E-state index contributed by atoms with van der Waals surface area (Å²) in [6.07, 6.45) is 1.30. The molecule has 2 aromatic rings. The van der Waals surface area contributed by atoms with Gasteiger partial charge in [-0.15, -0.1) is 11.8 Å². The van der Waals surface area contributed by atoms with Gasteiger partial charge in [-0.05, 0) is 53.5 Å². The minimum Gasteiger partial charge on any atom is -0.478 e. The summed E-state index contributed by atoms with van der Waals surface area (Å²) in [6, 6.07) is 13.8. The highest BCUT2D eigenvalue weighted by molar-refractivity contribution is 7.99. The molecule has 0 aliphatic carbocycles. The zero-order valence-corrected chi connectivity index (χ0v) is 14.5. The lowest BCUT2D eigenvalue weighted by molar-refractivity contribution is 0.0681. The van der Waals surface area contributed by atoms with E-state index in [-0.39, 0.29) is 11.1 Å². The zero-order valence-electron chi connectivity index (χ0n) is 13.7. The van der Waals surface area contributed by atoms with Crippen LogP contribution in [0.5, 0.6) is 0 Å². The van der Waals surface area contributed by atoms with E-state index in [4.69, 9.17) is 10.2 Å². The molecule has 2 N–H and O–H groups in total. The summed E-state index contributed by atoms with van der Waals surface area (Å²) in [7, 11) is 0. The molecule has 24 heavy (non-hydrogen) atoms. The maximum Gasteiger partial charge on any atom is 0.335 e. The number of carboxylic acids is 2. The summed E-state index contributed by atoms with van der Waals surface area (Å²) in [5, 5.41) is 16.9. The molecule has 0 atom stereocenters. The lowest BCUT2D eigenvalue weighted by Crippen LogP contribution is -2.22. The van der Waals surface area contributed by atoms with E-state index in [0.29, 0.717) is 5.41 Å². The highest BCUT2D eigenvalue weighted by Crippen LogP contribution is 2.40. The van der Waals surface area contributed by atoms with Gasteiger partial charge in [0.25, 0.3) is 0 Å². The van der Waals surface area contributed by atoms with Crippen molar-refractivity contribution in [2.24, 2.45) is 0 Å². The number of carboxylic acid groups (broad SMARTS) is 2. The van der Waals surface area contributed by atoms with Crippen molar-refractivity contribution in [3.05, 3.63) is 65.2 Å². The summed E-state index contributed by atoms with van der Waals surface area (Å²) in [5.74, 6) is -0.858. The Labute approximate surface area is 145 Å². The molecule has 0 radical (unpaired) electrons. The fraction of sp³-hybridized carbons (Fsp3) is 0.263. The number of carbonyl (C=O) groups is 2. The molecule has 126 valence electrons. The monoisotopic (exact) mass is 344 g/mol. The van der Waals surface area contributed by atoms with E-state index in [9.17, 15) is 9.59 Å². The molecule has 1 aliphatic rings. The van der Waals surface area contributed by atoms with E-state index in [1.165, 1.54) is 46.9 Å². The van der Waals surface area contributed by atoms with E-state index in [2.05, 4.69) is 38.1 Å². The second-order valence-electron chi connectivity index (χ2n) is 6.17. The van der Waals surface area contributed by atoms with Gasteiger partial charge in [0.05, 0.1) is 11.1 Å². The molecule has 4 nitrogen and oxygen atoms in total. The molecule has 0 fully saturated rings. The Balaban J connectivity index is 0.000000174. The van der Waals surface area contributed by atoms with Gasteiger partial charge in [0, 0.05) is 4.90 Å². The standard InChI is InChI=1S/C11H14S.C8H6O4/c1-11(2)7-8-12-10-6-4-3-5-9(10)11;9-7(10)5-1-2-6(4-3-5)8(11)12/h3-6H,7-8H2,1-2H3;1-4H,(H,9,10)(H,11,12). The molecule has 1 aliphatic heterocycles. The van der Waals surface area contributed by atoms with E-state index in [0.717, 1.165) is 0 Å². The van der Waals surface area contributed by atoms with Crippen LogP contribution in [0.15, 0.2) is 53.4 Å². The number of fused-ring (bicyclic) bond motifs is 1. The molecule has 1 heterocycles. The van der Waals surface area contributed by atoms with Crippen molar-refractivity contribution < 1.29 is 19.8 Å². The van der Waals surface area contributed by atoms with Crippen molar-refractivity contribution in [2.45, 2.75) is 30.6 Å². The third kappa shape index (κ3) is 4.38.